The summed E-state index contributed by atoms with van der Waals surface area (Å²) in [6.07, 6.45) is -45.2. The Bertz CT molecular complexity index is 2410. The predicted molar refractivity (Wildman–Crippen MR) is 223 cm³/mol. The smallest absolute Gasteiger partial charge is 0.490 e. The molecular formula is C46H42BF24NO5. The van der Waals surface area contributed by atoms with E-state index in [1.54, 1.807) is 13.0 Å². The zero-order valence-corrected chi connectivity index (χ0v) is 40.3. The van der Waals surface area contributed by atoms with Gasteiger partial charge in [0.2, 0.25) is 5.72 Å². The highest BCUT2D eigenvalue weighted by molar-refractivity contribution is 6.39. The first kappa shape index (κ1) is 65.8. The Hall–Kier alpha value is -5.46. The van der Waals surface area contributed by atoms with Gasteiger partial charge in [-0.3, -0.25) is 4.48 Å². The number of halogens is 24. The van der Waals surface area contributed by atoms with Crippen LogP contribution in [0.25, 0.3) is 0 Å². The molecule has 4 rings (SSSR count). The van der Waals surface area contributed by atoms with Crippen LogP contribution in [0.2, 0.25) is 0 Å². The molecule has 0 aliphatic heterocycles. The Morgan fingerprint density at radius 1 is 0.429 bits per heavy atom. The summed E-state index contributed by atoms with van der Waals surface area (Å²) in [5.41, 5.74) is -19.3. The van der Waals surface area contributed by atoms with Gasteiger partial charge in [-0.15, -0.1) is 6.07 Å². The minimum atomic E-state index is -5.79. The maximum absolute atomic E-state index is 15.4. The molecule has 4 aromatic rings. The number of benzene rings is 4. The molecule has 0 N–H and O–H groups in total. The minimum Gasteiger partial charge on any atom is -0.490 e. The van der Waals surface area contributed by atoms with Crippen LogP contribution in [0, 0.1) is 6.07 Å². The molecule has 0 aromatic heterocycles. The maximum atomic E-state index is 15.4. The van der Waals surface area contributed by atoms with E-state index < -0.39 is 166 Å². The Balaban J connectivity index is 0.000000961. The fourth-order valence-corrected chi connectivity index (χ4v) is 8.12. The van der Waals surface area contributed by atoms with Crippen molar-refractivity contribution in [2.75, 3.05) is 26.3 Å². The molecule has 432 valence electrons. The van der Waals surface area contributed by atoms with Crippen LogP contribution < -0.4 is 14.0 Å². The average Bonchev–Trinajstić information content (AvgIpc) is 3.28. The van der Waals surface area contributed by atoms with Gasteiger partial charge in [-0.25, -0.2) is 0 Å². The molecule has 31 heteroatoms. The van der Waals surface area contributed by atoms with Gasteiger partial charge in [-0.2, -0.15) is 124 Å². The molecule has 0 aliphatic carbocycles. The molecule has 0 saturated heterocycles. The van der Waals surface area contributed by atoms with E-state index in [0.717, 1.165) is 0 Å². The molecular weight excluding hydrogens is 1110 g/mol. The van der Waals surface area contributed by atoms with Crippen molar-refractivity contribution in [3.8, 4) is 17.2 Å². The first-order chi connectivity index (χ1) is 34.9. The molecule has 0 spiro atoms. The number of nitrogens with zero attached hydrogens (tertiary/aromatic N) is 1. The van der Waals surface area contributed by atoms with Crippen molar-refractivity contribution in [3.05, 3.63) is 123 Å². The number of rotatable bonds is 17. The molecule has 0 bridgehead atoms. The molecule has 0 aliphatic rings. The largest absolute Gasteiger partial charge is 0.864 e. The first-order valence-electron chi connectivity index (χ1n) is 22.1. The van der Waals surface area contributed by atoms with Crippen molar-refractivity contribution in [1.82, 2.24) is 0 Å². The highest BCUT2D eigenvalue weighted by Crippen LogP contribution is 2.53. The Labute approximate surface area is 422 Å². The van der Waals surface area contributed by atoms with Crippen molar-refractivity contribution >= 4 is 7.32 Å². The third kappa shape index (κ3) is 16.1. The van der Waals surface area contributed by atoms with Crippen molar-refractivity contribution < 1.29 is 133 Å². The molecule has 2 unspecified atom stereocenters. The lowest BCUT2D eigenvalue weighted by molar-refractivity contribution is -1.04. The third-order valence-corrected chi connectivity index (χ3v) is 11.3. The van der Waals surface area contributed by atoms with Gasteiger partial charge in [0.15, 0.2) is 6.23 Å². The second kappa shape index (κ2) is 23.9. The van der Waals surface area contributed by atoms with Crippen LogP contribution in [0.1, 0.15) is 104 Å². The van der Waals surface area contributed by atoms with Gasteiger partial charge >= 0.3 is 56.7 Å². The topological polar surface area (TPSA) is 46.2 Å². The summed E-state index contributed by atoms with van der Waals surface area (Å²) < 4.78 is 355. The molecule has 4 aromatic carbocycles. The van der Waals surface area contributed by atoms with Crippen LogP contribution in [0.4, 0.5) is 105 Å². The predicted octanol–water partition coefficient (Wildman–Crippen LogP) is 17.1. The summed E-state index contributed by atoms with van der Waals surface area (Å²) in [6.45, 7) is 7.50. The van der Waals surface area contributed by atoms with Gasteiger partial charge in [0, 0.05) is 12.8 Å². The SMILES string of the molecule is CCOC(CC)[N+](CC)(CC)C(CC)(OCC)c1c(OB(Oc2cc(C(F)(F)F)cc(C(F)(F)F)c2)Oc2cc(C(F)(F)F)cc(C(F)(F)F)c2)cc(C(F)(F)F)cc1C(F)(F)F.FC(F)(F)c1c[c-]cc(C(F)(F)F)c1. The maximum Gasteiger partial charge on any atom is 0.864 e. The lowest BCUT2D eigenvalue weighted by Crippen LogP contribution is -2.69. The standard InChI is InChI=1S/C38H39BF18NO5.C8H3F6/c1-7-30(59-11-5)58(9-3,10-4)32(8-2,60-12-6)31-28(38(55,56)57)19-25(37(52,53)54)20-29(31)63-39(61-26-15-21(33(40,41)42)13-22(16-26)34(43,44)45)62-27-17-23(35(46,47)48)14-24(18-27)36(49,50)51;9-7(10,11)5-2-1-3-6(4-5)8(12,13)14/h13-20,30H,7-12H2,1-6H3;2-4H/q+1;-1. The van der Waals surface area contributed by atoms with Crippen molar-refractivity contribution in [3.63, 3.8) is 0 Å². The fraction of sp³-hybridized carbons (Fsp3) is 0.478. The highest BCUT2D eigenvalue weighted by atomic mass is 19.4. The van der Waals surface area contributed by atoms with E-state index >= 15 is 13.2 Å². The minimum absolute atomic E-state index is 0.00549. The Morgan fingerprint density at radius 2 is 0.779 bits per heavy atom. The lowest BCUT2D eigenvalue weighted by atomic mass is 9.86. The van der Waals surface area contributed by atoms with E-state index in [9.17, 15) is 92.2 Å². The summed E-state index contributed by atoms with van der Waals surface area (Å²) in [5.74, 6) is -4.88. The van der Waals surface area contributed by atoms with Crippen LogP contribution in [-0.4, -0.2) is 44.3 Å². The normalized spacial score (nSPS) is 14.6. The van der Waals surface area contributed by atoms with E-state index in [2.05, 4.69) is 0 Å². The van der Waals surface area contributed by atoms with Crippen molar-refractivity contribution in [1.29, 1.82) is 0 Å². The van der Waals surface area contributed by atoms with E-state index in [4.69, 9.17) is 23.4 Å². The monoisotopic (exact) mass is 1160 g/mol. The molecule has 0 saturated carbocycles. The van der Waals surface area contributed by atoms with Crippen molar-refractivity contribution in [2.24, 2.45) is 0 Å². The van der Waals surface area contributed by atoms with Gasteiger partial charge in [0.05, 0.1) is 65.2 Å². The van der Waals surface area contributed by atoms with E-state index in [0.29, 0.717) is 12.1 Å². The van der Waals surface area contributed by atoms with E-state index in [1.807, 2.05) is 0 Å². The van der Waals surface area contributed by atoms with Crippen LogP contribution in [0.15, 0.2) is 66.7 Å². The summed E-state index contributed by atoms with van der Waals surface area (Å²) >= 11 is 0. The second-order valence-corrected chi connectivity index (χ2v) is 16.1. The van der Waals surface area contributed by atoms with Crippen LogP contribution >= 0.6 is 0 Å². The zero-order valence-electron chi connectivity index (χ0n) is 40.3. The Kier molecular flexibility index (Phi) is 20.4. The van der Waals surface area contributed by atoms with Gasteiger partial charge in [0.1, 0.15) is 17.2 Å². The summed E-state index contributed by atoms with van der Waals surface area (Å²) in [6, 6.07) is 0.754. The lowest BCUT2D eigenvalue weighted by Gasteiger charge is -2.55. The quantitative estimate of drug-likeness (QED) is 0.0347. The molecule has 0 amide bonds. The van der Waals surface area contributed by atoms with Gasteiger partial charge < -0.3 is 23.4 Å². The van der Waals surface area contributed by atoms with Gasteiger partial charge in [-0.1, -0.05) is 25.0 Å². The molecule has 6 nitrogen and oxygen atoms in total. The zero-order chi connectivity index (χ0) is 59.3. The molecule has 0 fully saturated rings. The first-order valence-corrected chi connectivity index (χ1v) is 22.1. The van der Waals surface area contributed by atoms with E-state index in [-0.39, 0.29) is 68.6 Å². The second-order valence-electron chi connectivity index (χ2n) is 16.1. The number of quaternary nitrogens is 1. The number of hydrogen-bond acceptors (Lipinski definition) is 5. The molecule has 0 heterocycles. The average molecular weight is 1160 g/mol. The van der Waals surface area contributed by atoms with Gasteiger partial charge in [0.25, 0.3) is 0 Å². The molecule has 0 radical (unpaired) electrons. The van der Waals surface area contributed by atoms with Crippen LogP contribution in [-0.2, 0) is 64.6 Å². The van der Waals surface area contributed by atoms with Gasteiger partial charge in [-0.05, 0) is 76.2 Å². The molecule has 77 heavy (non-hydrogen) atoms. The fourth-order valence-electron chi connectivity index (χ4n) is 8.12. The summed E-state index contributed by atoms with van der Waals surface area (Å²) in [4.78, 5) is 0. The van der Waals surface area contributed by atoms with E-state index in [1.165, 1.54) is 34.6 Å². The third-order valence-electron chi connectivity index (χ3n) is 11.3. The summed E-state index contributed by atoms with van der Waals surface area (Å²) in [5, 5.41) is 0. The highest BCUT2D eigenvalue weighted by Gasteiger charge is 2.60. The van der Waals surface area contributed by atoms with Crippen LogP contribution in [0.3, 0.4) is 0 Å². The number of hydrogen-bond donors (Lipinski definition) is 0. The molecule has 2 atom stereocenters. The van der Waals surface area contributed by atoms with Crippen molar-refractivity contribution in [2.45, 2.75) is 116 Å². The number of ether oxygens (including phenoxy) is 2. The Morgan fingerprint density at radius 3 is 1.06 bits per heavy atom. The van der Waals surface area contributed by atoms with Crippen LogP contribution in [0.5, 0.6) is 17.2 Å². The number of alkyl halides is 24. The summed E-state index contributed by atoms with van der Waals surface area (Å²) in [7, 11) is -3.38.